The van der Waals surface area contributed by atoms with Crippen LogP contribution in [-0.2, 0) is 6.54 Å². The molecule has 102 valence electrons. The lowest BCUT2D eigenvalue weighted by Gasteiger charge is -2.22. The Bertz CT molecular complexity index is 394. The highest BCUT2D eigenvalue weighted by molar-refractivity contribution is 5.43. The summed E-state index contributed by atoms with van der Waals surface area (Å²) < 4.78 is 5.46. The van der Waals surface area contributed by atoms with Gasteiger partial charge < -0.3 is 20.5 Å². The van der Waals surface area contributed by atoms with Gasteiger partial charge in [0.15, 0.2) is 0 Å². The van der Waals surface area contributed by atoms with Gasteiger partial charge in [-0.3, -0.25) is 0 Å². The summed E-state index contributed by atoms with van der Waals surface area (Å²) in [6, 6.07) is 4.04. The number of aliphatic hydroxyl groups excluding tert-OH is 1. The molecule has 0 saturated heterocycles. The van der Waals surface area contributed by atoms with E-state index in [1.54, 1.807) is 7.11 Å². The normalized spacial score (nSPS) is 12.8. The zero-order valence-corrected chi connectivity index (χ0v) is 11.7. The van der Waals surface area contributed by atoms with Crippen molar-refractivity contribution in [3.63, 3.8) is 0 Å². The van der Waals surface area contributed by atoms with Crippen molar-refractivity contribution < 1.29 is 9.84 Å². The van der Waals surface area contributed by atoms with Crippen molar-refractivity contribution in [3.8, 4) is 5.75 Å². The molecule has 1 aromatic carbocycles. The zero-order valence-electron chi connectivity index (χ0n) is 11.7. The Labute approximate surface area is 109 Å². The Hall–Kier alpha value is -1.10. The number of aryl methyl sites for hydroxylation is 2. The first kappa shape index (κ1) is 15.0. The number of methoxy groups -OCH3 is 1. The predicted octanol–water partition coefficient (Wildman–Crippen LogP) is 1.06. The van der Waals surface area contributed by atoms with Crippen LogP contribution in [0.25, 0.3) is 0 Å². The second-order valence-electron chi connectivity index (χ2n) is 4.91. The summed E-state index contributed by atoms with van der Waals surface area (Å²) in [4.78, 5) is 2.09. The largest absolute Gasteiger partial charge is 0.496 e. The molecule has 3 N–H and O–H groups in total. The van der Waals surface area contributed by atoms with E-state index in [4.69, 9.17) is 15.6 Å². The molecule has 0 saturated carbocycles. The third-order valence-electron chi connectivity index (χ3n) is 2.92. The molecule has 0 fully saturated rings. The van der Waals surface area contributed by atoms with Crippen LogP contribution in [0.4, 0.5) is 0 Å². The van der Waals surface area contributed by atoms with E-state index in [9.17, 15) is 0 Å². The summed E-state index contributed by atoms with van der Waals surface area (Å²) in [7, 11) is 3.69. The molecule has 1 rings (SSSR count). The molecule has 0 aliphatic heterocycles. The summed E-state index contributed by atoms with van der Waals surface area (Å²) in [6.07, 6.45) is 0. The second-order valence-corrected chi connectivity index (χ2v) is 4.91. The topological polar surface area (TPSA) is 58.7 Å². The number of benzene rings is 1. The molecule has 0 aliphatic rings. The lowest BCUT2D eigenvalue weighted by atomic mass is 10.0. The van der Waals surface area contributed by atoms with Gasteiger partial charge in [-0.2, -0.15) is 0 Å². The monoisotopic (exact) mass is 252 g/mol. The van der Waals surface area contributed by atoms with Crippen molar-refractivity contribution in [2.75, 3.05) is 27.3 Å². The second kappa shape index (κ2) is 6.73. The third kappa shape index (κ3) is 3.98. The van der Waals surface area contributed by atoms with Crippen LogP contribution in [0.2, 0.25) is 0 Å². The van der Waals surface area contributed by atoms with Crippen molar-refractivity contribution in [1.29, 1.82) is 0 Å². The van der Waals surface area contributed by atoms with Gasteiger partial charge in [0.05, 0.1) is 13.7 Å². The highest BCUT2D eigenvalue weighted by Gasteiger charge is 2.11. The van der Waals surface area contributed by atoms with Crippen LogP contribution >= 0.6 is 0 Å². The number of nitrogens with two attached hydrogens (primary N) is 1. The molecule has 4 heteroatoms. The molecule has 4 nitrogen and oxygen atoms in total. The first-order valence-electron chi connectivity index (χ1n) is 6.17. The molecule has 18 heavy (non-hydrogen) atoms. The third-order valence-corrected chi connectivity index (χ3v) is 2.92. The van der Waals surface area contributed by atoms with Crippen LogP contribution in [0, 0.1) is 13.8 Å². The maximum Gasteiger partial charge on any atom is 0.126 e. The molecule has 0 aromatic heterocycles. The maximum absolute atomic E-state index is 8.96. The Kier molecular flexibility index (Phi) is 5.59. The number of ether oxygens (including phenoxy) is 1. The number of aliphatic hydroxyl groups is 1. The van der Waals surface area contributed by atoms with Crippen LogP contribution in [0.5, 0.6) is 5.75 Å². The van der Waals surface area contributed by atoms with Gasteiger partial charge in [0.2, 0.25) is 0 Å². The molecule has 0 heterocycles. The molecule has 0 spiro atoms. The number of rotatable bonds is 6. The minimum absolute atomic E-state index is 0.00825. The minimum atomic E-state index is -0.202. The average molecular weight is 252 g/mol. The fourth-order valence-corrected chi connectivity index (χ4v) is 2.27. The zero-order chi connectivity index (χ0) is 13.7. The van der Waals surface area contributed by atoms with E-state index in [-0.39, 0.29) is 12.6 Å². The quantitative estimate of drug-likeness (QED) is 0.795. The molecule has 0 aliphatic carbocycles. The van der Waals surface area contributed by atoms with E-state index in [0.717, 1.165) is 23.4 Å². The Balaban J connectivity index is 2.83. The highest BCUT2D eigenvalue weighted by Crippen LogP contribution is 2.26. The van der Waals surface area contributed by atoms with Crippen molar-refractivity contribution in [2.24, 2.45) is 5.73 Å². The lowest BCUT2D eigenvalue weighted by Crippen LogP contribution is -2.37. The summed E-state index contributed by atoms with van der Waals surface area (Å²) >= 11 is 0. The van der Waals surface area contributed by atoms with E-state index >= 15 is 0 Å². The van der Waals surface area contributed by atoms with Gasteiger partial charge in [-0.15, -0.1) is 0 Å². The minimum Gasteiger partial charge on any atom is -0.496 e. The standard InChI is InChI=1S/C14H24N2O2/c1-10-5-11(2)14(18-4)12(6-10)7-16(3)8-13(15)9-17/h5-6,13,17H,7-9,15H2,1-4H3. The van der Waals surface area contributed by atoms with Crippen LogP contribution in [0.15, 0.2) is 12.1 Å². The van der Waals surface area contributed by atoms with Gasteiger partial charge in [-0.1, -0.05) is 17.7 Å². The van der Waals surface area contributed by atoms with Gasteiger partial charge in [-0.25, -0.2) is 0 Å². The van der Waals surface area contributed by atoms with Gasteiger partial charge in [0, 0.05) is 24.7 Å². The van der Waals surface area contributed by atoms with Gasteiger partial charge in [0.1, 0.15) is 5.75 Å². The summed E-state index contributed by atoms with van der Waals surface area (Å²) in [5, 5.41) is 8.96. The number of likely N-dealkylation sites (N-methyl/N-ethyl adjacent to an activating group) is 1. The molecule has 1 unspecified atom stereocenters. The number of hydrogen-bond donors (Lipinski definition) is 2. The van der Waals surface area contributed by atoms with E-state index in [0.29, 0.717) is 6.54 Å². The summed E-state index contributed by atoms with van der Waals surface area (Å²) in [6.45, 7) is 5.56. The lowest BCUT2D eigenvalue weighted by molar-refractivity contribution is 0.217. The molecule has 1 atom stereocenters. The van der Waals surface area contributed by atoms with Crippen LogP contribution < -0.4 is 10.5 Å². The van der Waals surface area contributed by atoms with Gasteiger partial charge >= 0.3 is 0 Å². The number of nitrogens with zero attached hydrogens (tertiary/aromatic N) is 1. The van der Waals surface area contributed by atoms with Crippen molar-refractivity contribution in [2.45, 2.75) is 26.4 Å². The summed E-state index contributed by atoms with van der Waals surface area (Å²) in [5.41, 5.74) is 9.26. The average Bonchev–Trinajstić information content (AvgIpc) is 2.28. The van der Waals surface area contributed by atoms with Crippen molar-refractivity contribution in [1.82, 2.24) is 4.90 Å². The predicted molar refractivity (Wildman–Crippen MR) is 73.9 cm³/mol. The van der Waals surface area contributed by atoms with E-state index in [2.05, 4.69) is 30.9 Å². The first-order valence-corrected chi connectivity index (χ1v) is 6.17. The van der Waals surface area contributed by atoms with Crippen molar-refractivity contribution >= 4 is 0 Å². The highest BCUT2D eigenvalue weighted by atomic mass is 16.5. The fourth-order valence-electron chi connectivity index (χ4n) is 2.27. The molecule has 1 aromatic rings. The SMILES string of the molecule is COc1c(C)cc(C)cc1CN(C)CC(N)CO. The van der Waals surface area contributed by atoms with E-state index < -0.39 is 0 Å². The van der Waals surface area contributed by atoms with Gasteiger partial charge in [0.25, 0.3) is 0 Å². The Morgan fingerprint density at radius 1 is 1.39 bits per heavy atom. The molecule has 0 bridgehead atoms. The van der Waals surface area contributed by atoms with Crippen molar-refractivity contribution in [3.05, 3.63) is 28.8 Å². The van der Waals surface area contributed by atoms with Crippen LogP contribution in [0.1, 0.15) is 16.7 Å². The van der Waals surface area contributed by atoms with E-state index in [1.165, 1.54) is 5.56 Å². The smallest absolute Gasteiger partial charge is 0.126 e. The molecule has 0 radical (unpaired) electrons. The first-order chi connectivity index (χ1) is 8.47. The maximum atomic E-state index is 8.96. The fraction of sp³-hybridized carbons (Fsp3) is 0.571. The van der Waals surface area contributed by atoms with Crippen LogP contribution in [-0.4, -0.2) is 43.4 Å². The van der Waals surface area contributed by atoms with Crippen LogP contribution in [0.3, 0.4) is 0 Å². The van der Waals surface area contributed by atoms with Gasteiger partial charge in [-0.05, 0) is 26.5 Å². The number of hydrogen-bond acceptors (Lipinski definition) is 4. The Morgan fingerprint density at radius 3 is 2.61 bits per heavy atom. The Morgan fingerprint density at radius 2 is 2.06 bits per heavy atom. The summed E-state index contributed by atoms with van der Waals surface area (Å²) in [5.74, 6) is 0.935. The molecular formula is C14H24N2O2. The molecular weight excluding hydrogens is 228 g/mol. The van der Waals surface area contributed by atoms with E-state index in [1.807, 2.05) is 7.05 Å². The molecule has 0 amide bonds.